The maximum absolute atomic E-state index is 13.4. The fourth-order valence-corrected chi connectivity index (χ4v) is 5.36. The summed E-state index contributed by atoms with van der Waals surface area (Å²) in [7, 11) is -2.58. The number of carbonyl (C=O) groups is 2. The first-order valence-electron chi connectivity index (χ1n) is 11.5. The summed E-state index contributed by atoms with van der Waals surface area (Å²) in [6.07, 6.45) is -0.334. The second kappa shape index (κ2) is 11.2. The van der Waals surface area contributed by atoms with Crippen LogP contribution in [0.2, 0.25) is 13.1 Å². The summed E-state index contributed by atoms with van der Waals surface area (Å²) in [6.45, 7) is 8.41. The summed E-state index contributed by atoms with van der Waals surface area (Å²) >= 11 is 0. The second-order valence-electron chi connectivity index (χ2n) is 9.37. The minimum absolute atomic E-state index is 0.126. The Kier molecular flexibility index (Phi) is 8.29. The van der Waals surface area contributed by atoms with Gasteiger partial charge in [-0.25, -0.2) is 4.79 Å². The van der Waals surface area contributed by atoms with E-state index in [1.54, 1.807) is 0 Å². The highest BCUT2D eigenvalue weighted by Crippen LogP contribution is 2.34. The number of rotatable bonds is 9. The van der Waals surface area contributed by atoms with Crippen LogP contribution in [0.25, 0.3) is 0 Å². The normalized spacial score (nSPS) is 12.5. The van der Waals surface area contributed by atoms with E-state index in [4.69, 9.17) is 9.16 Å². The lowest BCUT2D eigenvalue weighted by atomic mass is 10.0. The lowest BCUT2D eigenvalue weighted by Gasteiger charge is -2.39. The van der Waals surface area contributed by atoms with Gasteiger partial charge >= 0.3 is 12.1 Å². The fourth-order valence-electron chi connectivity index (χ4n) is 3.60. The Morgan fingerprint density at radius 2 is 1.32 bits per heavy atom. The van der Waals surface area contributed by atoms with E-state index >= 15 is 0 Å². The lowest BCUT2D eigenvalue weighted by molar-refractivity contribution is -0.137. The topological polar surface area (TPSA) is 64.6 Å². The van der Waals surface area contributed by atoms with Gasteiger partial charge in [-0.2, -0.15) is 0 Å². The van der Waals surface area contributed by atoms with Crippen LogP contribution in [0, 0.1) is 0 Å². The summed E-state index contributed by atoms with van der Waals surface area (Å²) in [4.78, 5) is 26.0. The van der Waals surface area contributed by atoms with Gasteiger partial charge in [-0.15, -0.1) is 0 Å². The van der Waals surface area contributed by atoms with Crippen molar-refractivity contribution in [3.63, 3.8) is 0 Å². The van der Waals surface area contributed by atoms with Gasteiger partial charge in [0.1, 0.15) is 12.6 Å². The van der Waals surface area contributed by atoms with Crippen molar-refractivity contribution in [3.05, 3.63) is 108 Å². The van der Waals surface area contributed by atoms with Crippen LogP contribution < -0.4 is 5.32 Å². The van der Waals surface area contributed by atoms with Gasteiger partial charge in [-0.05, 0) is 29.8 Å². The van der Waals surface area contributed by atoms with Crippen LogP contribution in [-0.2, 0) is 32.0 Å². The van der Waals surface area contributed by atoms with Crippen molar-refractivity contribution in [1.82, 2.24) is 5.32 Å². The Labute approximate surface area is 203 Å². The number of nitrogens with one attached hydrogen (secondary N) is 1. The largest absolute Gasteiger partial charge is 0.517 e. The van der Waals surface area contributed by atoms with Crippen molar-refractivity contribution in [2.24, 2.45) is 0 Å². The van der Waals surface area contributed by atoms with Gasteiger partial charge < -0.3 is 14.5 Å². The van der Waals surface area contributed by atoms with Crippen molar-refractivity contribution < 1.29 is 18.8 Å². The molecule has 1 atom stereocenters. The van der Waals surface area contributed by atoms with E-state index in [1.165, 1.54) is 0 Å². The van der Waals surface area contributed by atoms with E-state index in [2.05, 4.69) is 31.3 Å². The monoisotopic (exact) mass is 475 g/mol. The van der Waals surface area contributed by atoms with Crippen LogP contribution in [0.5, 0.6) is 0 Å². The molecule has 1 amide bonds. The maximum Gasteiger partial charge on any atom is 0.408 e. The van der Waals surface area contributed by atoms with Crippen molar-refractivity contribution in [3.8, 4) is 0 Å². The van der Waals surface area contributed by atoms with E-state index in [1.807, 2.05) is 92.0 Å². The first-order chi connectivity index (χ1) is 16.2. The molecule has 3 aromatic rings. The van der Waals surface area contributed by atoms with Crippen LogP contribution in [0.3, 0.4) is 0 Å². The van der Waals surface area contributed by atoms with Crippen molar-refractivity contribution in [2.75, 3.05) is 0 Å². The molecular weight excluding hydrogens is 442 g/mol. The number of hydrogen-bond donors (Lipinski definition) is 1. The molecule has 0 saturated heterocycles. The summed E-state index contributed by atoms with van der Waals surface area (Å²) in [5.74, 6) is -0.443. The average molecular weight is 476 g/mol. The van der Waals surface area contributed by atoms with E-state index in [0.717, 1.165) is 16.7 Å². The number of benzene rings is 3. The molecule has 0 bridgehead atoms. The SMILES string of the molecule is CC(C)(c1ccccc1)[Si](C)(C)OC(=O)[C@H](Cc1ccccc1)NC(=O)OCc1ccccc1. The molecule has 34 heavy (non-hydrogen) atoms. The Hall–Kier alpha value is -3.38. The summed E-state index contributed by atoms with van der Waals surface area (Å²) in [5, 5.41) is 2.41. The van der Waals surface area contributed by atoms with Gasteiger partial charge in [0.2, 0.25) is 0 Å². The lowest BCUT2D eigenvalue weighted by Crippen LogP contribution is -2.55. The van der Waals surface area contributed by atoms with Gasteiger partial charge in [0.25, 0.3) is 8.32 Å². The molecule has 0 aliphatic heterocycles. The average Bonchev–Trinajstić information content (AvgIpc) is 2.84. The standard InChI is InChI=1S/C28H33NO4Si/c1-28(2,24-18-12-7-13-19-24)34(3,4)33-26(30)25(20-22-14-8-5-9-15-22)29-27(31)32-21-23-16-10-6-11-17-23/h5-19,25H,20-21H2,1-4H3,(H,29,31)/t25-/m0/s1. The maximum atomic E-state index is 13.4. The van der Waals surface area contributed by atoms with Crippen molar-refractivity contribution in [1.29, 1.82) is 0 Å². The minimum atomic E-state index is -2.58. The number of alkyl carbamates (subject to hydrolysis) is 1. The van der Waals surface area contributed by atoms with Crippen molar-refractivity contribution in [2.45, 2.75) is 51.0 Å². The number of carbonyl (C=O) groups excluding carboxylic acids is 2. The second-order valence-corrected chi connectivity index (χ2v) is 13.8. The molecule has 6 heteroatoms. The van der Waals surface area contributed by atoms with Gasteiger partial charge in [-0.1, -0.05) is 105 Å². The van der Waals surface area contributed by atoms with E-state index in [0.29, 0.717) is 6.42 Å². The summed E-state index contributed by atoms with van der Waals surface area (Å²) in [6, 6.07) is 28.2. The fraction of sp³-hybridized carbons (Fsp3) is 0.286. The molecule has 0 fully saturated rings. The quantitative estimate of drug-likeness (QED) is 0.398. The Morgan fingerprint density at radius 3 is 1.88 bits per heavy atom. The zero-order valence-corrected chi connectivity index (χ0v) is 21.3. The molecule has 0 radical (unpaired) electrons. The molecule has 178 valence electrons. The molecule has 5 nitrogen and oxygen atoms in total. The predicted molar refractivity (Wildman–Crippen MR) is 137 cm³/mol. The van der Waals surface area contributed by atoms with Crippen LogP contribution in [0.4, 0.5) is 4.79 Å². The number of hydrogen-bond acceptors (Lipinski definition) is 4. The molecule has 0 aliphatic rings. The van der Waals surface area contributed by atoms with E-state index < -0.39 is 26.4 Å². The molecule has 0 unspecified atom stereocenters. The predicted octanol–water partition coefficient (Wildman–Crippen LogP) is 5.79. The van der Waals surface area contributed by atoms with Gasteiger partial charge in [-0.3, -0.25) is 4.79 Å². The molecule has 0 spiro atoms. The Balaban J connectivity index is 1.73. The zero-order chi connectivity index (χ0) is 24.6. The van der Waals surface area contributed by atoms with E-state index in [-0.39, 0.29) is 11.6 Å². The molecule has 0 aromatic heterocycles. The molecule has 0 heterocycles. The van der Waals surface area contributed by atoms with Crippen LogP contribution in [0.15, 0.2) is 91.0 Å². The van der Waals surface area contributed by atoms with Gasteiger partial charge in [0.05, 0.1) is 0 Å². The molecule has 1 N–H and O–H groups in total. The van der Waals surface area contributed by atoms with Crippen LogP contribution >= 0.6 is 0 Å². The minimum Gasteiger partial charge on any atom is -0.517 e. The zero-order valence-electron chi connectivity index (χ0n) is 20.3. The number of ether oxygens (including phenoxy) is 1. The van der Waals surface area contributed by atoms with Crippen LogP contribution in [-0.4, -0.2) is 26.4 Å². The number of amides is 1. The highest BCUT2D eigenvalue weighted by atomic mass is 28.4. The first-order valence-corrected chi connectivity index (χ1v) is 14.4. The summed E-state index contributed by atoms with van der Waals surface area (Å²) < 4.78 is 11.6. The highest BCUT2D eigenvalue weighted by Gasteiger charge is 2.46. The smallest absolute Gasteiger partial charge is 0.408 e. The summed E-state index contributed by atoms with van der Waals surface area (Å²) in [5.41, 5.74) is 2.92. The molecule has 3 rings (SSSR count). The molecule has 0 aliphatic carbocycles. The molecular formula is C28H33NO4Si. The van der Waals surface area contributed by atoms with Crippen molar-refractivity contribution >= 4 is 20.4 Å². The van der Waals surface area contributed by atoms with Gasteiger partial charge in [0.15, 0.2) is 0 Å². The molecule has 0 saturated carbocycles. The Morgan fingerprint density at radius 1 is 0.824 bits per heavy atom. The third-order valence-corrected chi connectivity index (χ3v) is 10.4. The Bertz CT molecular complexity index is 1070. The highest BCUT2D eigenvalue weighted by molar-refractivity contribution is 6.75. The first kappa shape index (κ1) is 25.2. The third-order valence-electron chi connectivity index (χ3n) is 6.43. The van der Waals surface area contributed by atoms with E-state index in [9.17, 15) is 9.59 Å². The van der Waals surface area contributed by atoms with Crippen LogP contribution in [0.1, 0.15) is 30.5 Å². The van der Waals surface area contributed by atoms with Gasteiger partial charge in [0, 0.05) is 11.5 Å². The molecule has 3 aromatic carbocycles. The third kappa shape index (κ3) is 6.57.